The fourth-order valence-electron chi connectivity index (χ4n) is 0.809. The number of carbonyl (C=O) groups excluding carboxylic acids is 2. The smallest absolute Gasteiger partial charge is 0.542 e. The van der Waals surface area contributed by atoms with E-state index in [-0.39, 0.29) is 70.8 Å². The van der Waals surface area contributed by atoms with Crippen LogP contribution in [0.4, 0.5) is 0 Å². The third-order valence-electron chi connectivity index (χ3n) is 1.50. The number of rotatable bonds is 2. The van der Waals surface area contributed by atoms with E-state index < -0.39 is 11.9 Å². The van der Waals surface area contributed by atoms with Crippen LogP contribution in [-0.4, -0.2) is 31.9 Å². The van der Waals surface area contributed by atoms with Gasteiger partial charge in [-0.05, 0) is 12.1 Å². The molecule has 2 heterocycles. The van der Waals surface area contributed by atoms with Crippen LogP contribution in [0, 0.1) is 0 Å². The first-order valence-electron chi connectivity index (χ1n) is 4.58. The van der Waals surface area contributed by atoms with Gasteiger partial charge in [0, 0.05) is 24.8 Å². The van der Waals surface area contributed by atoms with Crippen molar-refractivity contribution in [2.45, 2.75) is 0 Å². The maximum absolute atomic E-state index is 9.96. The first kappa shape index (κ1) is 21.4. The Kier molecular flexibility index (Phi) is 12.7. The zero-order valence-corrected chi connectivity index (χ0v) is 14.9. The molecule has 10 heteroatoms. The molecule has 0 bridgehead atoms. The van der Waals surface area contributed by atoms with Gasteiger partial charge >= 0.3 is 59.1 Å². The van der Waals surface area contributed by atoms with Crippen molar-refractivity contribution in [3.05, 3.63) is 48.6 Å². The minimum Gasteiger partial charge on any atom is -0.542 e. The fourth-order valence-corrected chi connectivity index (χ4v) is 0.809. The van der Waals surface area contributed by atoms with E-state index in [1.165, 1.54) is 36.9 Å². The summed E-state index contributed by atoms with van der Waals surface area (Å²) in [6.07, 6.45) is 5.38. The van der Waals surface area contributed by atoms with Crippen molar-refractivity contribution < 1.29 is 78.9 Å². The number of carboxylic acids is 2. The van der Waals surface area contributed by atoms with E-state index in [1.807, 2.05) is 0 Å². The van der Waals surface area contributed by atoms with E-state index in [0.29, 0.717) is 0 Å². The van der Waals surface area contributed by atoms with Crippen LogP contribution in [0.3, 0.4) is 0 Å². The molecule has 20 heavy (non-hydrogen) atoms. The van der Waals surface area contributed by atoms with Gasteiger partial charge in [0.15, 0.2) is 11.6 Å². The second kappa shape index (κ2) is 11.9. The quantitative estimate of drug-likeness (QED) is 0.498. The largest absolute Gasteiger partial charge is 1.00 e. The van der Waals surface area contributed by atoms with Crippen LogP contribution in [0.15, 0.2) is 36.9 Å². The van der Waals surface area contributed by atoms with Gasteiger partial charge < -0.3 is 19.8 Å². The average Bonchev–Trinajstić information content (AvgIpc) is 2.41. The summed E-state index contributed by atoms with van der Waals surface area (Å²) in [6.45, 7) is 0. The molecule has 0 aliphatic heterocycles. The molecule has 2 rings (SSSR count). The van der Waals surface area contributed by atoms with E-state index in [1.54, 1.807) is 0 Å². The Hall–Kier alpha value is -0.900. The van der Waals surface area contributed by atoms with Crippen LogP contribution >= 0.6 is 0 Å². The molecule has 0 saturated heterocycles. The van der Waals surface area contributed by atoms with Crippen LogP contribution < -0.4 is 69.3 Å². The molecule has 0 unspecified atom stereocenters. The molecule has 2 aromatic heterocycles. The second-order valence-electron chi connectivity index (χ2n) is 2.72. The van der Waals surface area contributed by atoms with Crippen molar-refractivity contribution in [2.75, 3.05) is 0 Å². The van der Waals surface area contributed by atoms with E-state index >= 15 is 0 Å². The minimum atomic E-state index is -1.35. The predicted molar refractivity (Wildman–Crippen MR) is 52.7 cm³/mol. The third-order valence-corrected chi connectivity index (χ3v) is 1.50. The number of aromatic carboxylic acids is 2. The van der Waals surface area contributed by atoms with Crippen LogP contribution in [0.1, 0.15) is 21.2 Å². The van der Waals surface area contributed by atoms with E-state index in [4.69, 9.17) is 0 Å². The molecule has 2 aromatic rings. The molecule has 0 radical (unpaired) electrons. The van der Waals surface area contributed by atoms with Gasteiger partial charge in [0.1, 0.15) is 11.9 Å². The Labute approximate surface area is 158 Å². The summed E-state index contributed by atoms with van der Waals surface area (Å²) in [6, 6.07) is 3.07. The molecule has 0 amide bonds. The summed E-state index contributed by atoms with van der Waals surface area (Å²) in [5.74, 6) is -3.26. The number of hydrogen-bond donors (Lipinski definition) is 0. The van der Waals surface area contributed by atoms with Crippen molar-refractivity contribution in [3.63, 3.8) is 0 Å². The topological polar surface area (TPSA) is 132 Å². The molecule has 0 saturated carbocycles. The molecular weight excluding hydrogens is 286 g/mol. The molecule has 0 atom stereocenters. The van der Waals surface area contributed by atoms with Crippen LogP contribution in [0.5, 0.6) is 0 Å². The molecule has 0 aromatic carbocycles. The summed E-state index contributed by atoms with van der Waals surface area (Å²) in [7, 11) is 0. The predicted octanol–water partition coefficient (Wildman–Crippen LogP) is -8.31. The summed E-state index contributed by atoms with van der Waals surface area (Å²) in [5, 5.41) is 19.9. The first-order valence-corrected chi connectivity index (χ1v) is 4.58. The maximum Gasteiger partial charge on any atom is 1.00 e. The van der Waals surface area contributed by atoms with Gasteiger partial charge in [0.2, 0.25) is 0 Å². The molecular formula is C10H6N4Na2O4. The third kappa shape index (κ3) is 8.31. The Morgan fingerprint density at radius 1 is 0.700 bits per heavy atom. The fraction of sp³-hybridized carbons (Fsp3) is 0. The molecule has 8 nitrogen and oxygen atoms in total. The van der Waals surface area contributed by atoms with E-state index in [0.717, 1.165) is 0 Å². The molecule has 0 aliphatic carbocycles. The van der Waals surface area contributed by atoms with Crippen molar-refractivity contribution in [1.29, 1.82) is 0 Å². The van der Waals surface area contributed by atoms with Gasteiger partial charge in [-0.15, -0.1) is 0 Å². The normalized spacial score (nSPS) is 8.00. The summed E-state index contributed by atoms with van der Waals surface area (Å²) >= 11 is 0. The Bertz CT molecular complexity index is 478. The number of carbonyl (C=O) groups is 2. The van der Waals surface area contributed by atoms with Crippen molar-refractivity contribution in [3.8, 4) is 0 Å². The minimum absolute atomic E-state index is 0. The van der Waals surface area contributed by atoms with Crippen LogP contribution in [0.2, 0.25) is 0 Å². The first-order chi connectivity index (χ1) is 8.61. The van der Waals surface area contributed by atoms with Gasteiger partial charge in [0.25, 0.3) is 0 Å². The maximum atomic E-state index is 9.96. The Morgan fingerprint density at radius 2 is 0.950 bits per heavy atom. The standard InChI is InChI=1S/2C5H4N2O2.2Na/c2*8-5(9)4-6-2-1-3-7-4;;/h2*1-3H,(H,8,9);;/q;;2*+1/p-2. The Morgan fingerprint density at radius 3 is 1.10 bits per heavy atom. The number of carboxylic acid groups (broad SMARTS) is 2. The van der Waals surface area contributed by atoms with Gasteiger partial charge in [-0.25, -0.2) is 19.9 Å². The molecule has 0 aliphatic rings. The van der Waals surface area contributed by atoms with E-state index in [9.17, 15) is 19.8 Å². The average molecular weight is 292 g/mol. The van der Waals surface area contributed by atoms with Crippen molar-refractivity contribution in [1.82, 2.24) is 19.9 Å². The second-order valence-corrected chi connectivity index (χ2v) is 2.72. The van der Waals surface area contributed by atoms with Gasteiger partial charge in [-0.1, -0.05) is 0 Å². The van der Waals surface area contributed by atoms with Crippen LogP contribution in [0.25, 0.3) is 0 Å². The van der Waals surface area contributed by atoms with Gasteiger partial charge in [0.05, 0.1) is 0 Å². The van der Waals surface area contributed by atoms with Crippen molar-refractivity contribution >= 4 is 11.9 Å². The van der Waals surface area contributed by atoms with Gasteiger partial charge in [-0.2, -0.15) is 0 Å². The molecule has 0 spiro atoms. The number of nitrogens with zero attached hydrogens (tertiary/aromatic N) is 4. The number of aromatic nitrogens is 4. The molecule has 0 N–H and O–H groups in total. The SMILES string of the molecule is O=C([O-])c1ncccn1.O=C([O-])c1ncccn1.[Na+].[Na+]. The summed E-state index contributed by atoms with van der Waals surface area (Å²) < 4.78 is 0. The van der Waals surface area contributed by atoms with E-state index in [2.05, 4.69) is 19.9 Å². The summed E-state index contributed by atoms with van der Waals surface area (Å²) in [5.41, 5.74) is 0. The summed E-state index contributed by atoms with van der Waals surface area (Å²) in [4.78, 5) is 33.6. The zero-order chi connectivity index (χ0) is 13.4. The molecule has 0 fully saturated rings. The van der Waals surface area contributed by atoms with Crippen molar-refractivity contribution in [2.24, 2.45) is 0 Å². The Balaban J connectivity index is 0. The zero-order valence-electron chi connectivity index (χ0n) is 10.9. The molecule has 92 valence electrons. The van der Waals surface area contributed by atoms with Crippen LogP contribution in [-0.2, 0) is 0 Å². The monoisotopic (exact) mass is 292 g/mol. The number of hydrogen-bond acceptors (Lipinski definition) is 8. The van der Waals surface area contributed by atoms with Gasteiger partial charge in [-0.3, -0.25) is 0 Å².